The maximum absolute atomic E-state index is 12.2. The summed E-state index contributed by atoms with van der Waals surface area (Å²) in [5.41, 5.74) is 0.986. The van der Waals surface area contributed by atoms with E-state index >= 15 is 0 Å². The number of hydrogen-bond acceptors (Lipinski definition) is 5. The number of amides is 1. The molecular weight excluding hydrogens is 304 g/mol. The summed E-state index contributed by atoms with van der Waals surface area (Å²) >= 11 is 0. The zero-order valence-electron chi connectivity index (χ0n) is 14.9. The van der Waals surface area contributed by atoms with Gasteiger partial charge in [0.05, 0.1) is 18.2 Å². The van der Waals surface area contributed by atoms with Gasteiger partial charge in [-0.25, -0.2) is 4.98 Å². The van der Waals surface area contributed by atoms with Crippen molar-refractivity contribution in [2.75, 3.05) is 32.7 Å². The van der Waals surface area contributed by atoms with Gasteiger partial charge in [0.15, 0.2) is 0 Å². The van der Waals surface area contributed by atoms with Gasteiger partial charge in [0.2, 0.25) is 11.8 Å². The third kappa shape index (κ3) is 4.57. The molecule has 1 aromatic rings. The van der Waals surface area contributed by atoms with Gasteiger partial charge in [-0.15, -0.1) is 0 Å². The van der Waals surface area contributed by atoms with Crippen molar-refractivity contribution >= 4 is 5.91 Å². The Labute approximate surface area is 144 Å². The Bertz CT molecular complexity index is 524. The number of nitrogens with zero attached hydrogens (tertiary/aromatic N) is 2. The highest BCUT2D eigenvalue weighted by atomic mass is 16.4. The van der Waals surface area contributed by atoms with E-state index in [1.165, 1.54) is 0 Å². The lowest BCUT2D eigenvalue weighted by molar-refractivity contribution is -0.125. The van der Waals surface area contributed by atoms with Gasteiger partial charge in [0, 0.05) is 13.1 Å². The molecule has 6 heteroatoms. The molecule has 3 heterocycles. The average molecular weight is 334 g/mol. The first-order valence-corrected chi connectivity index (χ1v) is 9.25. The van der Waals surface area contributed by atoms with E-state index in [2.05, 4.69) is 20.5 Å². The van der Waals surface area contributed by atoms with Crippen LogP contribution in [0.2, 0.25) is 0 Å². The molecule has 1 amide bonds. The minimum atomic E-state index is 0.162. The number of nitrogens with one attached hydrogen (secondary N) is 2. The highest BCUT2D eigenvalue weighted by Gasteiger charge is 2.24. The smallest absolute Gasteiger partial charge is 0.224 e. The van der Waals surface area contributed by atoms with Crippen LogP contribution in [0, 0.1) is 25.7 Å². The number of aromatic nitrogens is 1. The van der Waals surface area contributed by atoms with Crippen LogP contribution >= 0.6 is 0 Å². The normalized spacial score (nSPS) is 23.3. The Hall–Kier alpha value is -1.40. The van der Waals surface area contributed by atoms with Crippen LogP contribution in [0.5, 0.6) is 0 Å². The number of carbonyl (C=O) groups excluding carboxylic acids is 1. The van der Waals surface area contributed by atoms with E-state index in [1.807, 2.05) is 13.8 Å². The van der Waals surface area contributed by atoms with E-state index in [0.29, 0.717) is 5.92 Å². The van der Waals surface area contributed by atoms with Crippen LogP contribution in [-0.2, 0) is 11.3 Å². The Kier molecular flexibility index (Phi) is 5.89. The molecule has 0 saturated carbocycles. The molecule has 134 valence electrons. The molecule has 1 unspecified atom stereocenters. The van der Waals surface area contributed by atoms with Crippen molar-refractivity contribution in [3.8, 4) is 0 Å². The predicted octanol–water partition coefficient (Wildman–Crippen LogP) is 1.62. The molecular formula is C18H30N4O2. The van der Waals surface area contributed by atoms with Crippen LogP contribution in [0.4, 0.5) is 0 Å². The highest BCUT2D eigenvalue weighted by Crippen LogP contribution is 2.19. The lowest BCUT2D eigenvalue weighted by atomic mass is 9.95. The Morgan fingerprint density at radius 2 is 2.12 bits per heavy atom. The number of hydrogen-bond donors (Lipinski definition) is 2. The van der Waals surface area contributed by atoms with Gasteiger partial charge >= 0.3 is 0 Å². The first-order chi connectivity index (χ1) is 11.6. The third-order valence-corrected chi connectivity index (χ3v) is 5.37. The molecule has 0 spiro atoms. The summed E-state index contributed by atoms with van der Waals surface area (Å²) in [7, 11) is 0. The fourth-order valence-electron chi connectivity index (χ4n) is 3.61. The molecule has 1 atom stereocenters. The minimum Gasteiger partial charge on any atom is -0.444 e. The number of piperidine rings is 2. The maximum atomic E-state index is 12.2. The topological polar surface area (TPSA) is 70.4 Å². The molecule has 0 aromatic carbocycles. The maximum Gasteiger partial charge on any atom is 0.224 e. The number of aryl methyl sites for hydroxylation is 2. The molecule has 1 aromatic heterocycles. The largest absolute Gasteiger partial charge is 0.444 e. The number of likely N-dealkylation sites (tertiary alicyclic amines) is 1. The van der Waals surface area contributed by atoms with Crippen LogP contribution in [0.25, 0.3) is 0 Å². The van der Waals surface area contributed by atoms with Gasteiger partial charge in [-0.1, -0.05) is 0 Å². The van der Waals surface area contributed by atoms with Gasteiger partial charge < -0.3 is 15.1 Å². The predicted molar refractivity (Wildman–Crippen MR) is 92.6 cm³/mol. The molecule has 0 radical (unpaired) electrons. The van der Waals surface area contributed by atoms with Crippen LogP contribution in [-0.4, -0.2) is 48.5 Å². The van der Waals surface area contributed by atoms with Gasteiger partial charge in [-0.2, -0.15) is 0 Å². The first kappa shape index (κ1) is 17.4. The monoisotopic (exact) mass is 334 g/mol. The molecule has 2 saturated heterocycles. The third-order valence-electron chi connectivity index (χ3n) is 5.37. The average Bonchev–Trinajstić information content (AvgIpc) is 2.92. The molecule has 2 aliphatic rings. The van der Waals surface area contributed by atoms with E-state index < -0.39 is 0 Å². The van der Waals surface area contributed by atoms with E-state index in [4.69, 9.17) is 4.42 Å². The van der Waals surface area contributed by atoms with Crippen molar-refractivity contribution in [2.24, 2.45) is 11.8 Å². The second-order valence-corrected chi connectivity index (χ2v) is 7.26. The first-order valence-electron chi connectivity index (χ1n) is 9.25. The summed E-state index contributed by atoms with van der Waals surface area (Å²) in [4.78, 5) is 19.1. The molecule has 6 nitrogen and oxygen atoms in total. The van der Waals surface area contributed by atoms with E-state index in [9.17, 15) is 4.79 Å². The van der Waals surface area contributed by atoms with E-state index in [-0.39, 0.29) is 11.8 Å². The second-order valence-electron chi connectivity index (χ2n) is 7.26. The van der Waals surface area contributed by atoms with Gasteiger partial charge in [0.25, 0.3) is 0 Å². The van der Waals surface area contributed by atoms with E-state index in [1.54, 1.807) is 0 Å². The van der Waals surface area contributed by atoms with E-state index in [0.717, 1.165) is 82.3 Å². The molecule has 2 aliphatic heterocycles. The number of carbonyl (C=O) groups is 1. The molecule has 0 aliphatic carbocycles. The standard InChI is InChI=1S/C18H30N4O2/c1-13-14(2)24-17(21-13)12-22-8-5-15(6-9-22)10-20-18(23)16-4-3-7-19-11-16/h15-16,19H,3-12H2,1-2H3,(H,20,23). The SMILES string of the molecule is Cc1nc(CN2CCC(CNC(=O)C3CCCNC3)CC2)oc1C. The quantitative estimate of drug-likeness (QED) is 0.856. The Morgan fingerprint density at radius 3 is 2.75 bits per heavy atom. The van der Waals surface area contributed by atoms with Crippen molar-refractivity contribution in [3.63, 3.8) is 0 Å². The van der Waals surface area contributed by atoms with Crippen LogP contribution in [0.1, 0.15) is 43.0 Å². The van der Waals surface area contributed by atoms with Gasteiger partial charge in [0.1, 0.15) is 5.76 Å². The minimum absolute atomic E-state index is 0.162. The van der Waals surface area contributed by atoms with Crippen LogP contribution < -0.4 is 10.6 Å². The summed E-state index contributed by atoms with van der Waals surface area (Å²) in [6.45, 7) is 9.53. The fraction of sp³-hybridized carbons (Fsp3) is 0.778. The lowest BCUT2D eigenvalue weighted by Crippen LogP contribution is -2.43. The van der Waals surface area contributed by atoms with Crippen molar-refractivity contribution in [1.82, 2.24) is 20.5 Å². The van der Waals surface area contributed by atoms with Crippen molar-refractivity contribution < 1.29 is 9.21 Å². The molecule has 2 N–H and O–H groups in total. The second kappa shape index (κ2) is 8.12. The summed E-state index contributed by atoms with van der Waals surface area (Å²) in [5.74, 6) is 2.72. The lowest BCUT2D eigenvalue weighted by Gasteiger charge is -2.31. The molecule has 0 bridgehead atoms. The summed E-state index contributed by atoms with van der Waals surface area (Å²) in [6, 6.07) is 0. The zero-order chi connectivity index (χ0) is 16.9. The van der Waals surface area contributed by atoms with Crippen molar-refractivity contribution in [3.05, 3.63) is 17.3 Å². The fourth-order valence-corrected chi connectivity index (χ4v) is 3.61. The zero-order valence-corrected chi connectivity index (χ0v) is 14.9. The Morgan fingerprint density at radius 1 is 1.33 bits per heavy atom. The molecule has 3 rings (SSSR count). The van der Waals surface area contributed by atoms with Crippen LogP contribution in [0.3, 0.4) is 0 Å². The Balaban J connectivity index is 1.36. The number of rotatable bonds is 5. The molecule has 2 fully saturated rings. The van der Waals surface area contributed by atoms with Gasteiger partial charge in [-0.05, 0) is 65.1 Å². The highest BCUT2D eigenvalue weighted by molar-refractivity contribution is 5.78. The number of oxazole rings is 1. The van der Waals surface area contributed by atoms with Crippen molar-refractivity contribution in [1.29, 1.82) is 0 Å². The summed E-state index contributed by atoms with van der Waals surface area (Å²) < 4.78 is 5.67. The summed E-state index contributed by atoms with van der Waals surface area (Å²) in [5, 5.41) is 6.48. The van der Waals surface area contributed by atoms with Gasteiger partial charge in [-0.3, -0.25) is 9.69 Å². The van der Waals surface area contributed by atoms with Crippen molar-refractivity contribution in [2.45, 2.75) is 46.1 Å². The molecule has 24 heavy (non-hydrogen) atoms. The summed E-state index contributed by atoms with van der Waals surface area (Å²) in [6.07, 6.45) is 4.38. The van der Waals surface area contributed by atoms with Crippen LogP contribution in [0.15, 0.2) is 4.42 Å².